The molecule has 0 aliphatic heterocycles. The Balaban J connectivity index is 0.00000196. The smallest absolute Gasteiger partial charge is 0.308 e. The van der Waals surface area contributed by atoms with Gasteiger partial charge in [-0.1, -0.05) is 39.3 Å². The normalized spacial score (nSPS) is 10.4. The van der Waals surface area contributed by atoms with Gasteiger partial charge in [0.1, 0.15) is 5.78 Å². The van der Waals surface area contributed by atoms with Crippen molar-refractivity contribution in [1.82, 2.24) is 0 Å². The molecule has 0 aromatic heterocycles. The van der Waals surface area contributed by atoms with E-state index in [4.69, 9.17) is 0 Å². The molecule has 1 aromatic rings. The second-order valence-corrected chi connectivity index (χ2v) is 4.46. The van der Waals surface area contributed by atoms with Gasteiger partial charge in [-0.3, -0.25) is 0 Å². The molecular weight excluding hydrogens is 179 g/mol. The van der Waals surface area contributed by atoms with Crippen molar-refractivity contribution in [2.75, 3.05) is 0 Å². The minimum Gasteiger partial charge on any atom is -0.308 e. The number of hydrogen-bond acceptors (Lipinski definition) is 1. The van der Waals surface area contributed by atoms with Crippen LogP contribution in [0.4, 0.5) is 0 Å². The van der Waals surface area contributed by atoms with E-state index in [1.165, 1.54) is 0 Å². The van der Waals surface area contributed by atoms with Crippen molar-refractivity contribution in [3.63, 3.8) is 0 Å². The van der Waals surface area contributed by atoms with Gasteiger partial charge in [0.2, 0.25) is 0 Å². The average Bonchev–Trinajstić information content (AvgIpc) is 2.15. The molecule has 0 aliphatic rings. The first-order valence-electron chi connectivity index (χ1n) is 4.90. The summed E-state index contributed by atoms with van der Waals surface area (Å²) in [5.41, 5.74) is 1.54. The molecule has 0 atom stereocenters. The third-order valence-corrected chi connectivity index (χ3v) is 2.20. The number of benzene rings is 1. The van der Waals surface area contributed by atoms with Crippen LogP contribution in [0.25, 0.3) is 0 Å². The number of Topliss-reactive ketones (excluding diaryl/α,β-unsaturated/α-hetero) is 1. The van der Waals surface area contributed by atoms with Gasteiger partial charge in [-0.15, -0.1) is 12.1 Å². The molecule has 0 bridgehead atoms. The van der Waals surface area contributed by atoms with Gasteiger partial charge < -0.3 is 4.79 Å². The van der Waals surface area contributed by atoms with E-state index in [9.17, 15) is 4.79 Å². The summed E-state index contributed by atoms with van der Waals surface area (Å²) in [5.74, 6) is 0.200. The Morgan fingerprint density at radius 3 is 2.20 bits per heavy atom. The van der Waals surface area contributed by atoms with E-state index in [2.05, 4.69) is 0 Å². The maximum Gasteiger partial charge on any atom is 1.00 e. The van der Waals surface area contributed by atoms with E-state index in [-0.39, 0.29) is 30.1 Å². The second-order valence-electron chi connectivity index (χ2n) is 4.46. The zero-order chi connectivity index (χ0) is 10.8. The standard InChI is InChI=1S/C13H17O.Li/c1-5-10-8-6-7-9-11(10)12(14)13(2,3)4;/h5-9H,1-4H3;/q-1;+1. The molecule has 0 radical (unpaired) electrons. The molecular formula is C13H17LiO. The van der Waals surface area contributed by atoms with Crippen molar-refractivity contribution in [3.05, 3.63) is 41.8 Å². The Morgan fingerprint density at radius 1 is 1.20 bits per heavy atom. The van der Waals surface area contributed by atoms with Crippen molar-refractivity contribution in [3.8, 4) is 0 Å². The van der Waals surface area contributed by atoms with Gasteiger partial charge in [0, 0.05) is 5.41 Å². The predicted octanol–water partition coefficient (Wildman–Crippen LogP) is 0.492. The summed E-state index contributed by atoms with van der Waals surface area (Å²) >= 11 is 0. The topological polar surface area (TPSA) is 17.1 Å². The minimum absolute atomic E-state index is 0. The molecule has 2 heteroatoms. The zero-order valence-electron chi connectivity index (χ0n) is 10.3. The van der Waals surface area contributed by atoms with E-state index >= 15 is 0 Å². The fourth-order valence-electron chi connectivity index (χ4n) is 1.36. The Morgan fingerprint density at radius 2 is 1.73 bits per heavy atom. The molecule has 0 heterocycles. The molecule has 0 spiro atoms. The monoisotopic (exact) mass is 196 g/mol. The van der Waals surface area contributed by atoms with Crippen molar-refractivity contribution in [2.24, 2.45) is 5.41 Å². The SMILES string of the molecule is C[CH-]c1ccccc1C(=O)C(C)(C)C.[Li+]. The molecule has 0 saturated heterocycles. The van der Waals surface area contributed by atoms with Crippen LogP contribution in [0.15, 0.2) is 24.3 Å². The molecule has 76 valence electrons. The molecule has 0 saturated carbocycles. The summed E-state index contributed by atoms with van der Waals surface area (Å²) in [6.45, 7) is 7.79. The van der Waals surface area contributed by atoms with Crippen LogP contribution < -0.4 is 18.9 Å². The number of rotatable bonds is 2. The first-order chi connectivity index (χ1) is 6.46. The van der Waals surface area contributed by atoms with Gasteiger partial charge in [0.05, 0.1) is 0 Å². The van der Waals surface area contributed by atoms with Gasteiger partial charge in [-0.05, 0) is 0 Å². The molecule has 15 heavy (non-hydrogen) atoms. The fraction of sp³-hybridized carbons (Fsp3) is 0.385. The molecule has 0 aliphatic carbocycles. The summed E-state index contributed by atoms with van der Waals surface area (Å²) in [6, 6.07) is 7.72. The van der Waals surface area contributed by atoms with Crippen LogP contribution in [0.3, 0.4) is 0 Å². The first-order valence-corrected chi connectivity index (χ1v) is 4.90. The van der Waals surface area contributed by atoms with E-state index in [1.807, 2.05) is 58.4 Å². The summed E-state index contributed by atoms with van der Waals surface area (Å²) in [7, 11) is 0. The van der Waals surface area contributed by atoms with Crippen molar-refractivity contribution >= 4 is 5.78 Å². The van der Waals surface area contributed by atoms with E-state index in [0.29, 0.717) is 0 Å². The van der Waals surface area contributed by atoms with Crippen LogP contribution >= 0.6 is 0 Å². The second kappa shape index (κ2) is 5.44. The van der Waals surface area contributed by atoms with Crippen LogP contribution in [-0.4, -0.2) is 5.78 Å². The molecule has 0 fully saturated rings. The zero-order valence-corrected chi connectivity index (χ0v) is 10.3. The third-order valence-electron chi connectivity index (χ3n) is 2.20. The van der Waals surface area contributed by atoms with Gasteiger partial charge in [0.25, 0.3) is 0 Å². The number of carbonyl (C=O) groups excluding carboxylic acids is 1. The Labute approximate surface area is 104 Å². The van der Waals surface area contributed by atoms with Crippen LogP contribution in [0.1, 0.15) is 43.6 Å². The Bertz CT molecular complexity index is 337. The summed E-state index contributed by atoms with van der Waals surface area (Å²) in [4.78, 5) is 12.0. The first kappa shape index (κ1) is 14.4. The molecule has 1 aromatic carbocycles. The third kappa shape index (κ3) is 3.45. The molecule has 0 unspecified atom stereocenters. The van der Waals surface area contributed by atoms with Gasteiger partial charge in [-0.2, -0.15) is 18.1 Å². The van der Waals surface area contributed by atoms with Crippen LogP contribution in [0.5, 0.6) is 0 Å². The quantitative estimate of drug-likeness (QED) is 0.382. The van der Waals surface area contributed by atoms with E-state index in [1.54, 1.807) is 0 Å². The predicted molar refractivity (Wildman–Crippen MR) is 59.3 cm³/mol. The fourth-order valence-corrected chi connectivity index (χ4v) is 1.36. The van der Waals surface area contributed by atoms with E-state index in [0.717, 1.165) is 11.1 Å². The Hall–Kier alpha value is -0.643. The summed E-state index contributed by atoms with van der Waals surface area (Å²) < 4.78 is 0. The summed E-state index contributed by atoms with van der Waals surface area (Å²) in [6.07, 6.45) is 1.97. The largest absolute Gasteiger partial charge is 1.00 e. The molecule has 0 amide bonds. The number of hydrogen-bond donors (Lipinski definition) is 0. The Kier molecular flexibility index (Phi) is 5.21. The van der Waals surface area contributed by atoms with Crippen molar-refractivity contribution in [1.29, 1.82) is 0 Å². The molecule has 1 rings (SSSR count). The van der Waals surface area contributed by atoms with E-state index < -0.39 is 0 Å². The molecule has 1 nitrogen and oxygen atoms in total. The summed E-state index contributed by atoms with van der Waals surface area (Å²) in [5, 5.41) is 0. The minimum atomic E-state index is -0.306. The van der Waals surface area contributed by atoms with Crippen molar-refractivity contribution < 1.29 is 23.7 Å². The molecule has 0 N–H and O–H groups in total. The van der Waals surface area contributed by atoms with Crippen LogP contribution in [-0.2, 0) is 0 Å². The van der Waals surface area contributed by atoms with Crippen LogP contribution in [0.2, 0.25) is 0 Å². The average molecular weight is 196 g/mol. The van der Waals surface area contributed by atoms with Gasteiger partial charge in [-0.25, -0.2) is 0 Å². The number of ketones is 1. The van der Waals surface area contributed by atoms with Crippen LogP contribution in [0, 0.1) is 11.8 Å². The van der Waals surface area contributed by atoms with Gasteiger partial charge >= 0.3 is 18.9 Å². The van der Waals surface area contributed by atoms with Crippen molar-refractivity contribution in [2.45, 2.75) is 27.7 Å². The maximum absolute atomic E-state index is 12.0. The van der Waals surface area contributed by atoms with Gasteiger partial charge in [0.15, 0.2) is 0 Å². The maximum atomic E-state index is 12.0. The number of carbonyl (C=O) groups is 1.